The summed E-state index contributed by atoms with van der Waals surface area (Å²) >= 11 is 0. The molecule has 4 aromatic carbocycles. The van der Waals surface area contributed by atoms with E-state index in [1.807, 2.05) is 60.7 Å². The summed E-state index contributed by atoms with van der Waals surface area (Å²) in [7, 11) is 1.50. The molecule has 8 rings (SSSR count). The highest BCUT2D eigenvalue weighted by molar-refractivity contribution is 5.91. The highest BCUT2D eigenvalue weighted by atomic mass is 16.5. The van der Waals surface area contributed by atoms with Crippen LogP contribution in [-0.4, -0.2) is 31.7 Å². The molecule has 0 bridgehead atoms. The Labute approximate surface area is 486 Å². The molecule has 0 aliphatic heterocycles. The molecule has 4 aliphatic rings. The predicted octanol–water partition coefficient (Wildman–Crippen LogP) is 20.2. The van der Waals surface area contributed by atoms with Crippen molar-refractivity contribution in [1.82, 2.24) is 0 Å². The van der Waals surface area contributed by atoms with Crippen molar-refractivity contribution in [1.29, 1.82) is 0 Å². The highest BCUT2D eigenvalue weighted by Crippen LogP contribution is 2.67. The Morgan fingerprint density at radius 1 is 0.650 bits per heavy atom. The monoisotopic (exact) mass is 1090 g/mol. The Morgan fingerprint density at radius 2 is 1.24 bits per heavy atom. The number of rotatable bonds is 24. The van der Waals surface area contributed by atoms with E-state index in [1.54, 1.807) is 17.7 Å². The molecule has 2 N–H and O–H groups in total. The number of hydrogen-bond acceptors (Lipinski definition) is 6. The van der Waals surface area contributed by atoms with Gasteiger partial charge in [-0.25, -0.2) is 9.64 Å². The molecule has 8 unspecified atom stereocenters. The van der Waals surface area contributed by atoms with Gasteiger partial charge in [-0.2, -0.15) is 0 Å². The molecule has 0 amide bonds. The van der Waals surface area contributed by atoms with Crippen LogP contribution in [0.15, 0.2) is 109 Å². The Bertz CT molecular complexity index is 2470. The molecule has 0 spiro atoms. The van der Waals surface area contributed by atoms with Gasteiger partial charge in [-0.05, 0) is 183 Å². The Balaban J connectivity index is 0.000000238. The van der Waals surface area contributed by atoms with Gasteiger partial charge in [-0.3, -0.25) is 4.79 Å². The third-order valence-corrected chi connectivity index (χ3v) is 18.9. The van der Waals surface area contributed by atoms with Crippen LogP contribution in [0.4, 0.5) is 5.69 Å². The van der Waals surface area contributed by atoms with Gasteiger partial charge in [-0.1, -0.05) is 205 Å². The van der Waals surface area contributed by atoms with Crippen LogP contribution in [0, 0.1) is 52.9 Å². The van der Waals surface area contributed by atoms with Crippen molar-refractivity contribution in [2.45, 2.75) is 223 Å². The summed E-state index contributed by atoms with van der Waals surface area (Å²) in [6.07, 6.45) is 32.0. The van der Waals surface area contributed by atoms with Crippen LogP contribution in [0.1, 0.15) is 225 Å². The first kappa shape index (κ1) is 65.6. The van der Waals surface area contributed by atoms with Gasteiger partial charge in [0.2, 0.25) is 0 Å². The van der Waals surface area contributed by atoms with Crippen LogP contribution in [0.2, 0.25) is 0 Å². The summed E-state index contributed by atoms with van der Waals surface area (Å²) in [5.41, 5.74) is 13.2. The molecule has 7 heteroatoms. The lowest BCUT2D eigenvalue weighted by molar-refractivity contribution is -0.151. The molecule has 7 nitrogen and oxygen atoms in total. The molecular formula is C73H106N2O5. The average Bonchev–Trinajstić information content (AvgIpc) is 3.92. The van der Waals surface area contributed by atoms with Crippen LogP contribution in [0.25, 0.3) is 16.0 Å². The second kappa shape index (κ2) is 34.3. The number of carbonyl (C=O) groups is 2. The number of ether oxygens (including phenoxy) is 3. The van der Waals surface area contributed by atoms with Crippen LogP contribution < -0.4 is 15.2 Å². The number of esters is 2. The molecule has 8 atom stereocenters. The number of hydrogen-bond donors (Lipinski definition) is 1. The lowest BCUT2D eigenvalue weighted by atomic mass is 9.47. The summed E-state index contributed by atoms with van der Waals surface area (Å²) in [4.78, 5) is 28.1. The van der Waals surface area contributed by atoms with E-state index in [2.05, 4.69) is 103 Å². The molecule has 0 saturated heterocycles. The van der Waals surface area contributed by atoms with E-state index in [0.717, 1.165) is 85.3 Å². The predicted molar refractivity (Wildman–Crippen MR) is 335 cm³/mol. The fourth-order valence-electron chi connectivity index (χ4n) is 14.1. The molecule has 3 saturated carbocycles. The van der Waals surface area contributed by atoms with Gasteiger partial charge in [0.05, 0.1) is 18.7 Å². The zero-order chi connectivity index (χ0) is 57.9. The van der Waals surface area contributed by atoms with Crippen LogP contribution in [0.5, 0.6) is 11.5 Å². The maximum Gasteiger partial charge on any atom is 0.343 e. The SMILES string of the molecule is CCCCCCCCC(=O)OC1CCC2(C)C(=CCC3C2CCC2(C)C(C(C)CCCC(C)C)CCC32)C1.CCCCCCOc1ccc(C(=O)Oc2ccc(CC)cc2)cc1.CN.[C-]#[N+]c1ccc(-c2ccc(CC)cc2)cc1. The van der Waals surface area contributed by atoms with Crippen molar-refractivity contribution in [2.75, 3.05) is 13.7 Å². The van der Waals surface area contributed by atoms with Crippen LogP contribution in [-0.2, 0) is 22.4 Å². The summed E-state index contributed by atoms with van der Waals surface area (Å²) < 4.78 is 17.1. The third kappa shape index (κ3) is 19.2. The van der Waals surface area contributed by atoms with Crippen LogP contribution >= 0.6 is 0 Å². The second-order valence-corrected chi connectivity index (χ2v) is 24.7. The standard InChI is InChI=1S/C36H62O2.C21H26O3.C15H13N.CH5N/c1-7-8-9-10-11-12-16-34(37)38-29-21-23-35(5)28(25-29)17-18-30-32-20-19-31(27(4)15-13-14-26(2)3)36(32,6)24-22-33(30)35;1-3-5-6-7-16-23-19-14-10-18(11-15-19)21(22)24-20-12-8-17(4-2)9-13-20;1-3-12-4-6-13(7-5-12)14-8-10-15(16-2)11-9-14;1-2/h17,26-27,29-33H,7-16,18-25H2,1-6H3;8-15H,3-7,16H2,1-2H3;4-11H,3H2,1H3;2H2,1H3. The van der Waals surface area contributed by atoms with Gasteiger partial charge in [-0.15, -0.1) is 0 Å². The summed E-state index contributed by atoms with van der Waals surface area (Å²) in [6.45, 7) is 28.9. The van der Waals surface area contributed by atoms with Crippen molar-refractivity contribution >= 4 is 17.6 Å². The molecule has 4 aromatic rings. The van der Waals surface area contributed by atoms with Gasteiger partial charge in [0, 0.05) is 12.8 Å². The summed E-state index contributed by atoms with van der Waals surface area (Å²) in [5.74, 6) is 6.34. The first-order chi connectivity index (χ1) is 38.7. The maximum absolute atomic E-state index is 12.6. The van der Waals surface area contributed by atoms with E-state index in [1.165, 1.54) is 133 Å². The van der Waals surface area contributed by atoms with E-state index in [0.29, 0.717) is 40.9 Å². The fraction of sp³-hybridized carbons (Fsp3) is 0.603. The van der Waals surface area contributed by atoms with Gasteiger partial charge in [0.1, 0.15) is 17.6 Å². The van der Waals surface area contributed by atoms with E-state index in [4.69, 9.17) is 20.8 Å². The smallest absolute Gasteiger partial charge is 0.343 e. The summed E-state index contributed by atoms with van der Waals surface area (Å²) in [5, 5.41) is 0. The quantitative estimate of drug-likeness (QED) is 0.0247. The number of unbranched alkanes of at least 4 members (excludes halogenated alkanes) is 8. The number of allylic oxidation sites excluding steroid dienone is 1. The molecule has 4 aliphatic carbocycles. The molecule has 80 heavy (non-hydrogen) atoms. The number of benzene rings is 4. The largest absolute Gasteiger partial charge is 0.494 e. The van der Waals surface area contributed by atoms with Crippen molar-refractivity contribution in [2.24, 2.45) is 52.1 Å². The first-order valence-corrected chi connectivity index (χ1v) is 31.8. The highest BCUT2D eigenvalue weighted by Gasteiger charge is 2.59. The molecule has 0 heterocycles. The Hall–Kier alpha value is -5.19. The molecule has 3 fully saturated rings. The van der Waals surface area contributed by atoms with Crippen molar-refractivity contribution < 1.29 is 23.8 Å². The molecule has 0 radical (unpaired) electrons. The molecular weight excluding hydrogens is 985 g/mol. The molecule has 438 valence electrons. The lowest BCUT2D eigenvalue weighted by Gasteiger charge is -2.58. The average molecular weight is 1090 g/mol. The zero-order valence-electron chi connectivity index (χ0n) is 51.6. The molecule has 0 aromatic heterocycles. The van der Waals surface area contributed by atoms with Crippen molar-refractivity contribution in [3.05, 3.63) is 137 Å². The Kier molecular flexibility index (Phi) is 28.1. The van der Waals surface area contributed by atoms with Gasteiger partial charge < -0.3 is 19.9 Å². The topological polar surface area (TPSA) is 92.2 Å². The van der Waals surface area contributed by atoms with Gasteiger partial charge in [0.25, 0.3) is 0 Å². The number of nitrogens with zero attached hydrogens (tertiary/aromatic N) is 1. The third-order valence-electron chi connectivity index (χ3n) is 18.9. The normalized spacial score (nSPS) is 22.8. The van der Waals surface area contributed by atoms with E-state index >= 15 is 0 Å². The van der Waals surface area contributed by atoms with E-state index in [9.17, 15) is 9.59 Å². The minimum absolute atomic E-state index is 0.0522. The van der Waals surface area contributed by atoms with Crippen molar-refractivity contribution in [3.8, 4) is 22.6 Å². The van der Waals surface area contributed by atoms with Crippen LogP contribution in [0.3, 0.4) is 0 Å². The minimum atomic E-state index is -0.353. The number of nitrogens with two attached hydrogens (primary N) is 1. The fourth-order valence-corrected chi connectivity index (χ4v) is 14.1. The second-order valence-electron chi connectivity index (χ2n) is 24.7. The zero-order valence-corrected chi connectivity index (χ0v) is 51.6. The van der Waals surface area contributed by atoms with E-state index < -0.39 is 0 Å². The maximum atomic E-state index is 12.6. The summed E-state index contributed by atoms with van der Waals surface area (Å²) in [6, 6.07) is 31.0. The Morgan fingerprint density at radius 3 is 1.85 bits per heavy atom. The lowest BCUT2D eigenvalue weighted by Crippen LogP contribution is -2.51. The minimum Gasteiger partial charge on any atom is -0.494 e. The first-order valence-electron chi connectivity index (χ1n) is 31.8. The van der Waals surface area contributed by atoms with E-state index in [-0.39, 0.29) is 18.0 Å². The number of carbonyl (C=O) groups excluding carboxylic acids is 2. The van der Waals surface area contributed by atoms with Gasteiger partial charge >= 0.3 is 11.9 Å². The van der Waals surface area contributed by atoms with Gasteiger partial charge in [0.15, 0.2) is 5.69 Å². The number of fused-ring (bicyclic) bond motifs is 5. The number of aryl methyl sites for hydroxylation is 2. The van der Waals surface area contributed by atoms with Crippen molar-refractivity contribution in [3.63, 3.8) is 0 Å².